The lowest BCUT2D eigenvalue weighted by atomic mass is 9.87. The first-order valence-electron chi connectivity index (χ1n) is 5.34. The number of hydrogen-bond acceptors (Lipinski definition) is 3. The van der Waals surface area contributed by atoms with Crippen LogP contribution in [-0.4, -0.2) is 14.0 Å². The molecule has 0 spiro atoms. The molecule has 2 rings (SSSR count). The van der Waals surface area contributed by atoms with E-state index in [0.29, 0.717) is 0 Å². The van der Waals surface area contributed by atoms with Crippen molar-refractivity contribution in [3.8, 4) is 0 Å². The van der Waals surface area contributed by atoms with E-state index in [1.807, 2.05) is 51.1 Å². The lowest BCUT2D eigenvalue weighted by Crippen LogP contribution is -2.26. The third kappa shape index (κ3) is 1.76. The minimum atomic E-state index is -3.50. The fraction of sp³-hybridized carbons (Fsp3) is 0.500. The molecule has 0 amide bonds. The average Bonchev–Trinajstić information content (AvgIpc) is 2.33. The summed E-state index contributed by atoms with van der Waals surface area (Å²) < 4.78 is 29.1. The summed E-state index contributed by atoms with van der Waals surface area (Å²) in [6.07, 6.45) is 0. The molecule has 4 heteroatoms. The van der Waals surface area contributed by atoms with Crippen molar-refractivity contribution in [1.82, 2.24) is 0 Å². The monoisotopic (exact) mass is 240 g/mol. The Morgan fingerprint density at radius 1 is 1.19 bits per heavy atom. The third-order valence-corrected chi connectivity index (χ3v) is 5.29. The first-order valence-corrected chi connectivity index (χ1v) is 6.81. The molecule has 1 heterocycles. The van der Waals surface area contributed by atoms with Gasteiger partial charge in [0.05, 0.1) is 5.60 Å². The van der Waals surface area contributed by atoms with E-state index in [1.54, 1.807) is 0 Å². The fourth-order valence-corrected chi connectivity index (χ4v) is 4.31. The van der Waals surface area contributed by atoms with Gasteiger partial charge in [-0.25, -0.2) is 0 Å². The van der Waals surface area contributed by atoms with Crippen molar-refractivity contribution in [2.45, 2.75) is 31.6 Å². The Bertz CT molecular complexity index is 476. The van der Waals surface area contributed by atoms with Crippen LogP contribution in [0.3, 0.4) is 0 Å². The van der Waals surface area contributed by atoms with E-state index in [2.05, 4.69) is 0 Å². The highest BCUT2D eigenvalue weighted by Crippen LogP contribution is 2.47. The molecule has 0 bridgehead atoms. The van der Waals surface area contributed by atoms with Crippen LogP contribution in [0.25, 0.3) is 0 Å². The van der Waals surface area contributed by atoms with Crippen LogP contribution in [0, 0.1) is 5.92 Å². The summed E-state index contributed by atoms with van der Waals surface area (Å²) in [6, 6.07) is 9.25. The highest BCUT2D eigenvalue weighted by atomic mass is 32.2. The van der Waals surface area contributed by atoms with Gasteiger partial charge in [-0.2, -0.15) is 8.42 Å². The molecule has 1 aliphatic rings. The van der Waals surface area contributed by atoms with E-state index in [9.17, 15) is 8.42 Å². The number of hydrogen-bond donors (Lipinski definition) is 0. The summed E-state index contributed by atoms with van der Waals surface area (Å²) in [6.45, 7) is 5.55. The molecule has 0 aromatic heterocycles. The topological polar surface area (TPSA) is 43.4 Å². The van der Waals surface area contributed by atoms with Gasteiger partial charge in [0, 0.05) is 5.92 Å². The van der Waals surface area contributed by atoms with Crippen molar-refractivity contribution in [2.75, 3.05) is 0 Å². The van der Waals surface area contributed by atoms with Gasteiger partial charge in [0.25, 0.3) is 10.1 Å². The quantitative estimate of drug-likeness (QED) is 0.708. The van der Waals surface area contributed by atoms with Crippen LogP contribution in [0.1, 0.15) is 31.6 Å². The Labute approximate surface area is 96.6 Å². The van der Waals surface area contributed by atoms with Gasteiger partial charge in [-0.15, -0.1) is 0 Å². The zero-order valence-electron chi connectivity index (χ0n) is 9.67. The van der Waals surface area contributed by atoms with Gasteiger partial charge in [-0.05, 0) is 19.4 Å². The van der Waals surface area contributed by atoms with Crippen LogP contribution < -0.4 is 0 Å². The van der Waals surface area contributed by atoms with Gasteiger partial charge >= 0.3 is 0 Å². The fourth-order valence-electron chi connectivity index (χ4n) is 2.14. The predicted octanol–water partition coefficient (Wildman–Crippen LogP) is 2.50. The van der Waals surface area contributed by atoms with E-state index in [-0.39, 0.29) is 5.92 Å². The molecule has 1 unspecified atom stereocenters. The molecule has 2 atom stereocenters. The molecule has 3 nitrogen and oxygen atoms in total. The van der Waals surface area contributed by atoms with Gasteiger partial charge < -0.3 is 0 Å². The molecule has 1 aliphatic heterocycles. The molecule has 0 saturated carbocycles. The van der Waals surface area contributed by atoms with Crippen molar-refractivity contribution < 1.29 is 12.6 Å². The lowest BCUT2D eigenvalue weighted by molar-refractivity contribution is 0.0950. The maximum atomic E-state index is 12.0. The molecule has 16 heavy (non-hydrogen) atoms. The summed E-state index contributed by atoms with van der Waals surface area (Å²) in [5, 5.41) is -0.552. The maximum Gasteiger partial charge on any atom is 0.275 e. The van der Waals surface area contributed by atoms with Crippen molar-refractivity contribution in [3.05, 3.63) is 35.9 Å². The van der Waals surface area contributed by atoms with Crippen molar-refractivity contribution in [3.63, 3.8) is 0 Å². The molecule has 1 aromatic carbocycles. The van der Waals surface area contributed by atoms with Crippen LogP contribution in [0.2, 0.25) is 0 Å². The Morgan fingerprint density at radius 2 is 1.75 bits per heavy atom. The van der Waals surface area contributed by atoms with Crippen LogP contribution >= 0.6 is 0 Å². The van der Waals surface area contributed by atoms with E-state index in [0.717, 1.165) is 5.56 Å². The van der Waals surface area contributed by atoms with Crippen LogP contribution in [-0.2, 0) is 14.3 Å². The summed E-state index contributed by atoms with van der Waals surface area (Å²) in [7, 11) is -3.50. The molecule has 88 valence electrons. The second-order valence-corrected chi connectivity index (χ2v) is 6.46. The molecule has 1 saturated heterocycles. The van der Waals surface area contributed by atoms with E-state index >= 15 is 0 Å². The van der Waals surface area contributed by atoms with Gasteiger partial charge in [-0.3, -0.25) is 4.18 Å². The highest BCUT2D eigenvalue weighted by Gasteiger charge is 2.51. The molecule has 0 aliphatic carbocycles. The SMILES string of the molecule is C[C@H]1C(c2ccccc2)S(=O)(=O)OC1(C)C. The Hall–Kier alpha value is -0.870. The van der Waals surface area contributed by atoms with Crippen molar-refractivity contribution in [2.24, 2.45) is 5.92 Å². The largest absolute Gasteiger partial charge is 0.275 e. The van der Waals surface area contributed by atoms with Crippen molar-refractivity contribution in [1.29, 1.82) is 0 Å². The zero-order chi connectivity index (χ0) is 12.0. The predicted molar refractivity (Wildman–Crippen MR) is 62.4 cm³/mol. The second kappa shape index (κ2) is 3.57. The molecule has 0 N–H and O–H groups in total. The average molecular weight is 240 g/mol. The molecule has 1 fully saturated rings. The van der Waals surface area contributed by atoms with E-state index in [1.165, 1.54) is 0 Å². The minimum Gasteiger partial charge on any atom is -0.263 e. The first kappa shape index (κ1) is 11.6. The second-order valence-electron chi connectivity index (χ2n) is 4.80. The third-order valence-electron chi connectivity index (χ3n) is 3.32. The summed E-state index contributed by atoms with van der Waals surface area (Å²) in [5.74, 6) is -0.0556. The Kier molecular flexibility index (Phi) is 2.59. The van der Waals surface area contributed by atoms with Crippen molar-refractivity contribution >= 4 is 10.1 Å². The van der Waals surface area contributed by atoms with Gasteiger partial charge in [0.15, 0.2) is 0 Å². The zero-order valence-corrected chi connectivity index (χ0v) is 10.5. The molecule has 1 aromatic rings. The molecular weight excluding hydrogens is 224 g/mol. The van der Waals surface area contributed by atoms with Gasteiger partial charge in [-0.1, -0.05) is 37.3 Å². The molecule has 0 radical (unpaired) electrons. The summed E-state index contributed by atoms with van der Waals surface area (Å²) >= 11 is 0. The van der Waals surface area contributed by atoms with E-state index < -0.39 is 21.0 Å². The number of benzene rings is 1. The lowest BCUT2D eigenvalue weighted by Gasteiger charge is -2.21. The highest BCUT2D eigenvalue weighted by molar-refractivity contribution is 7.87. The first-order chi connectivity index (χ1) is 7.34. The Morgan fingerprint density at radius 3 is 2.19 bits per heavy atom. The van der Waals surface area contributed by atoms with Gasteiger partial charge in [0.2, 0.25) is 0 Å². The standard InChI is InChI=1S/C12H16O3S/c1-9-11(10-7-5-4-6-8-10)16(13,14)15-12(9,2)3/h4-9,11H,1-3H3/t9-,11?/m0/s1. The summed E-state index contributed by atoms with van der Waals surface area (Å²) in [4.78, 5) is 0. The van der Waals surface area contributed by atoms with E-state index in [4.69, 9.17) is 4.18 Å². The van der Waals surface area contributed by atoms with Gasteiger partial charge in [0.1, 0.15) is 5.25 Å². The molecular formula is C12H16O3S. The van der Waals surface area contributed by atoms with Crippen LogP contribution in [0.4, 0.5) is 0 Å². The van der Waals surface area contributed by atoms with Crippen LogP contribution in [0.15, 0.2) is 30.3 Å². The normalized spacial score (nSPS) is 31.4. The summed E-state index contributed by atoms with van der Waals surface area (Å²) in [5.41, 5.74) is 0.180. The van der Waals surface area contributed by atoms with Crippen LogP contribution in [0.5, 0.6) is 0 Å². The maximum absolute atomic E-state index is 12.0. The number of rotatable bonds is 1. The Balaban J connectivity index is 2.50. The minimum absolute atomic E-state index is 0.0556. The smallest absolute Gasteiger partial charge is 0.263 e.